The van der Waals surface area contributed by atoms with E-state index >= 15 is 0 Å². The summed E-state index contributed by atoms with van der Waals surface area (Å²) in [4.78, 5) is 14.6. The van der Waals surface area contributed by atoms with Crippen LogP contribution in [0.3, 0.4) is 0 Å². The summed E-state index contributed by atoms with van der Waals surface area (Å²) < 4.78 is 0.820. The molecule has 96 valence electrons. The highest BCUT2D eigenvalue weighted by Crippen LogP contribution is 2.24. The van der Waals surface area contributed by atoms with Crippen molar-refractivity contribution in [1.82, 2.24) is 4.90 Å². The molecule has 0 aliphatic carbocycles. The first-order valence-corrected chi connectivity index (χ1v) is 7.26. The summed E-state index contributed by atoms with van der Waals surface area (Å²) in [6.45, 7) is 0.485. The van der Waals surface area contributed by atoms with E-state index in [0.717, 1.165) is 10.0 Å². The van der Waals surface area contributed by atoms with Gasteiger partial charge in [-0.3, -0.25) is 4.79 Å². The Balaban J connectivity index is 2.13. The fraction of sp³-hybridized carbons (Fsp3) is 0.143. The first-order chi connectivity index (χ1) is 9.11. The lowest BCUT2D eigenvalue weighted by atomic mass is 10.1. The molecule has 0 bridgehead atoms. The van der Waals surface area contributed by atoms with Crippen molar-refractivity contribution in [1.29, 1.82) is 5.26 Å². The van der Waals surface area contributed by atoms with Gasteiger partial charge < -0.3 is 4.90 Å². The van der Waals surface area contributed by atoms with E-state index in [1.165, 1.54) is 11.3 Å². The number of carbonyl (C=O) groups excluding carboxylic acids is 1. The van der Waals surface area contributed by atoms with Gasteiger partial charge in [0.05, 0.1) is 11.6 Å². The second-order valence-corrected chi connectivity index (χ2v) is 5.84. The first kappa shape index (κ1) is 13.8. The maximum atomic E-state index is 12.2. The topological polar surface area (TPSA) is 44.1 Å². The monoisotopic (exact) mass is 334 g/mol. The number of carbonyl (C=O) groups is 1. The highest BCUT2D eigenvalue weighted by atomic mass is 79.9. The van der Waals surface area contributed by atoms with Crippen LogP contribution in [0.25, 0.3) is 0 Å². The van der Waals surface area contributed by atoms with Gasteiger partial charge >= 0.3 is 0 Å². The molecule has 0 fully saturated rings. The smallest absolute Gasteiger partial charge is 0.265 e. The Morgan fingerprint density at radius 1 is 1.47 bits per heavy atom. The van der Waals surface area contributed by atoms with Crippen molar-refractivity contribution in [2.24, 2.45) is 0 Å². The zero-order valence-electron chi connectivity index (χ0n) is 10.3. The summed E-state index contributed by atoms with van der Waals surface area (Å²) in [6.07, 6.45) is 0. The van der Waals surface area contributed by atoms with Crippen LogP contribution in [0.5, 0.6) is 0 Å². The molecule has 5 heteroatoms. The summed E-state index contributed by atoms with van der Waals surface area (Å²) in [5, 5.41) is 10.7. The number of thiophene rings is 1. The van der Waals surface area contributed by atoms with Crippen molar-refractivity contribution in [3.63, 3.8) is 0 Å². The highest BCUT2D eigenvalue weighted by Gasteiger charge is 2.16. The molecule has 1 amide bonds. The van der Waals surface area contributed by atoms with Crippen LogP contribution in [0.2, 0.25) is 0 Å². The zero-order chi connectivity index (χ0) is 13.8. The van der Waals surface area contributed by atoms with E-state index in [2.05, 4.69) is 22.0 Å². The predicted molar refractivity (Wildman–Crippen MR) is 79.0 cm³/mol. The molecule has 0 atom stereocenters. The molecular weight excluding hydrogens is 324 g/mol. The Morgan fingerprint density at radius 3 is 2.89 bits per heavy atom. The third kappa shape index (κ3) is 3.22. The third-order valence-corrected chi connectivity index (χ3v) is 4.46. The predicted octanol–water partition coefficient (Wildman–Crippen LogP) is 3.65. The summed E-state index contributed by atoms with van der Waals surface area (Å²) in [7, 11) is 1.76. The number of halogens is 1. The minimum Gasteiger partial charge on any atom is -0.337 e. The van der Waals surface area contributed by atoms with Gasteiger partial charge in [0.2, 0.25) is 0 Å². The normalized spacial score (nSPS) is 9.95. The minimum atomic E-state index is -0.0239. The van der Waals surface area contributed by atoms with Crippen LogP contribution in [0.4, 0.5) is 0 Å². The van der Waals surface area contributed by atoms with Crippen molar-refractivity contribution in [3.05, 3.63) is 56.2 Å². The van der Waals surface area contributed by atoms with Crippen LogP contribution in [-0.2, 0) is 6.54 Å². The standard InChI is InChI=1S/C14H11BrN2OS/c1-17(14(18)13-12(15)5-6-19-13)9-11-4-2-3-10(7-11)8-16/h2-7H,9H2,1H3. The van der Waals surface area contributed by atoms with Crippen LogP contribution in [0.1, 0.15) is 20.8 Å². The number of benzene rings is 1. The first-order valence-electron chi connectivity index (χ1n) is 5.59. The lowest BCUT2D eigenvalue weighted by molar-refractivity contribution is 0.0789. The second kappa shape index (κ2) is 6.00. The Morgan fingerprint density at radius 2 is 2.26 bits per heavy atom. The largest absolute Gasteiger partial charge is 0.337 e. The fourth-order valence-electron chi connectivity index (χ4n) is 1.70. The molecule has 1 heterocycles. The molecule has 0 radical (unpaired) electrons. The minimum absolute atomic E-state index is 0.0239. The van der Waals surface area contributed by atoms with Gasteiger partial charge in [0, 0.05) is 18.1 Å². The summed E-state index contributed by atoms with van der Waals surface area (Å²) in [5.41, 5.74) is 1.55. The molecule has 2 aromatic rings. The molecule has 0 saturated heterocycles. The van der Waals surface area contributed by atoms with E-state index in [4.69, 9.17) is 5.26 Å². The SMILES string of the molecule is CN(Cc1cccc(C#N)c1)C(=O)c1sccc1Br. The maximum Gasteiger partial charge on any atom is 0.265 e. The Bertz CT molecular complexity index is 645. The maximum absolute atomic E-state index is 12.2. The van der Waals surface area contributed by atoms with Crippen molar-refractivity contribution < 1.29 is 4.79 Å². The lowest BCUT2D eigenvalue weighted by Crippen LogP contribution is -2.25. The molecule has 0 unspecified atom stereocenters. The van der Waals surface area contributed by atoms with E-state index in [-0.39, 0.29) is 5.91 Å². The van der Waals surface area contributed by atoms with E-state index < -0.39 is 0 Å². The molecule has 0 N–H and O–H groups in total. The fourth-order valence-corrected chi connectivity index (χ4v) is 3.24. The highest BCUT2D eigenvalue weighted by molar-refractivity contribution is 9.10. The number of amides is 1. The Kier molecular flexibility index (Phi) is 4.35. The average molecular weight is 335 g/mol. The van der Waals surface area contributed by atoms with Crippen molar-refractivity contribution in [2.75, 3.05) is 7.05 Å². The van der Waals surface area contributed by atoms with E-state index in [1.54, 1.807) is 24.1 Å². The molecular formula is C14H11BrN2OS. The third-order valence-electron chi connectivity index (χ3n) is 2.63. The van der Waals surface area contributed by atoms with Crippen LogP contribution < -0.4 is 0 Å². The lowest BCUT2D eigenvalue weighted by Gasteiger charge is -2.16. The van der Waals surface area contributed by atoms with E-state index in [9.17, 15) is 4.79 Å². The molecule has 19 heavy (non-hydrogen) atoms. The molecule has 2 rings (SSSR count). The van der Waals surface area contributed by atoms with Gasteiger partial charge in [-0.2, -0.15) is 5.26 Å². The van der Waals surface area contributed by atoms with Crippen LogP contribution in [0, 0.1) is 11.3 Å². The molecule has 0 spiro atoms. The quantitative estimate of drug-likeness (QED) is 0.859. The van der Waals surface area contributed by atoms with Gasteiger partial charge in [0.1, 0.15) is 4.88 Å². The number of rotatable bonds is 3. The van der Waals surface area contributed by atoms with Gasteiger partial charge in [-0.25, -0.2) is 0 Å². The molecule has 0 aliphatic heterocycles. The van der Waals surface area contributed by atoms with Gasteiger partial charge in [0.15, 0.2) is 0 Å². The number of hydrogen-bond donors (Lipinski definition) is 0. The molecule has 1 aromatic carbocycles. The van der Waals surface area contributed by atoms with Crippen molar-refractivity contribution >= 4 is 33.2 Å². The number of hydrogen-bond acceptors (Lipinski definition) is 3. The average Bonchev–Trinajstić information content (AvgIpc) is 2.84. The van der Waals surface area contributed by atoms with Gasteiger partial charge in [-0.1, -0.05) is 12.1 Å². The van der Waals surface area contributed by atoms with Gasteiger partial charge in [0.25, 0.3) is 5.91 Å². The summed E-state index contributed by atoms with van der Waals surface area (Å²) in [5.74, 6) is -0.0239. The number of nitrogens with zero attached hydrogens (tertiary/aromatic N) is 2. The molecule has 3 nitrogen and oxygen atoms in total. The Labute approximate surface area is 124 Å². The van der Waals surface area contributed by atoms with Crippen LogP contribution in [0.15, 0.2) is 40.2 Å². The Hall–Kier alpha value is -1.64. The van der Waals surface area contributed by atoms with Crippen molar-refractivity contribution in [2.45, 2.75) is 6.54 Å². The van der Waals surface area contributed by atoms with Gasteiger partial charge in [-0.15, -0.1) is 11.3 Å². The van der Waals surface area contributed by atoms with Crippen LogP contribution in [-0.4, -0.2) is 17.9 Å². The summed E-state index contributed by atoms with van der Waals surface area (Å²) >= 11 is 4.78. The van der Waals surface area contributed by atoms with Gasteiger partial charge in [-0.05, 0) is 45.1 Å². The molecule has 0 aliphatic rings. The van der Waals surface area contributed by atoms with Crippen molar-refractivity contribution in [3.8, 4) is 6.07 Å². The molecule has 0 saturated carbocycles. The van der Waals surface area contributed by atoms with Crippen LogP contribution >= 0.6 is 27.3 Å². The van der Waals surface area contributed by atoms with E-state index in [0.29, 0.717) is 17.0 Å². The summed E-state index contributed by atoms with van der Waals surface area (Å²) in [6, 6.07) is 11.2. The zero-order valence-corrected chi connectivity index (χ0v) is 12.7. The number of nitriles is 1. The molecule has 1 aromatic heterocycles. The second-order valence-electron chi connectivity index (χ2n) is 4.07. The van der Waals surface area contributed by atoms with E-state index in [1.807, 2.05) is 23.6 Å².